The Hall–Kier alpha value is -1.66. The molecule has 1 unspecified atom stereocenters. The van der Waals surface area contributed by atoms with E-state index in [-0.39, 0.29) is 6.04 Å². The number of aromatic nitrogens is 4. The molecule has 108 valence electrons. The molecule has 2 rings (SSSR count). The summed E-state index contributed by atoms with van der Waals surface area (Å²) < 4.78 is 6.89. The fraction of sp³-hybridized carbons (Fsp3) is 0.462. The lowest BCUT2D eigenvalue weighted by Crippen LogP contribution is -2.26. The van der Waals surface area contributed by atoms with E-state index in [0.29, 0.717) is 10.9 Å². The van der Waals surface area contributed by atoms with Crippen LogP contribution in [0.2, 0.25) is 5.02 Å². The number of methoxy groups -OCH3 is 1. The maximum absolute atomic E-state index is 6.27. The van der Waals surface area contributed by atoms with Crippen molar-refractivity contribution in [2.45, 2.75) is 26.4 Å². The Balaban J connectivity index is 2.41. The average molecular weight is 296 g/mol. The molecule has 0 fully saturated rings. The predicted octanol–water partition coefficient (Wildman–Crippen LogP) is 2.05. The molecule has 7 heteroatoms. The molecule has 20 heavy (non-hydrogen) atoms. The first-order chi connectivity index (χ1) is 9.71. The highest BCUT2D eigenvalue weighted by Gasteiger charge is 2.22. The van der Waals surface area contributed by atoms with Crippen molar-refractivity contribution in [2.24, 2.45) is 0 Å². The standard InChI is InChI=1S/C13H18ClN5O/c1-4-15-12(10-6-7-11(20-3)18-17-10)13-9(14)8-16-19(13)5-2/h6-8,12,15H,4-5H2,1-3H3. The van der Waals surface area contributed by atoms with Gasteiger partial charge < -0.3 is 10.1 Å². The highest BCUT2D eigenvalue weighted by atomic mass is 35.5. The first-order valence-electron chi connectivity index (χ1n) is 6.53. The van der Waals surface area contributed by atoms with Gasteiger partial charge in [-0.25, -0.2) is 0 Å². The van der Waals surface area contributed by atoms with E-state index in [1.165, 1.54) is 0 Å². The molecular formula is C13H18ClN5O. The minimum Gasteiger partial charge on any atom is -0.480 e. The molecule has 0 radical (unpaired) electrons. The molecule has 0 aliphatic heterocycles. The van der Waals surface area contributed by atoms with Gasteiger partial charge in [-0.2, -0.15) is 5.10 Å². The van der Waals surface area contributed by atoms with Crippen molar-refractivity contribution in [2.75, 3.05) is 13.7 Å². The van der Waals surface area contributed by atoms with E-state index < -0.39 is 0 Å². The zero-order chi connectivity index (χ0) is 14.5. The van der Waals surface area contributed by atoms with Crippen molar-refractivity contribution < 1.29 is 4.74 Å². The zero-order valence-corrected chi connectivity index (χ0v) is 12.6. The van der Waals surface area contributed by atoms with Gasteiger partial charge in [0.15, 0.2) is 0 Å². The van der Waals surface area contributed by atoms with Crippen LogP contribution in [-0.4, -0.2) is 33.6 Å². The molecule has 0 aliphatic rings. The Kier molecular flexibility index (Phi) is 4.92. The number of rotatable bonds is 6. The Morgan fingerprint density at radius 1 is 1.35 bits per heavy atom. The lowest BCUT2D eigenvalue weighted by atomic mass is 10.1. The van der Waals surface area contributed by atoms with E-state index in [4.69, 9.17) is 16.3 Å². The van der Waals surface area contributed by atoms with Gasteiger partial charge in [0.25, 0.3) is 0 Å². The first kappa shape index (κ1) is 14.7. The number of hydrogen-bond donors (Lipinski definition) is 1. The van der Waals surface area contributed by atoms with E-state index in [1.807, 2.05) is 24.6 Å². The van der Waals surface area contributed by atoms with Gasteiger partial charge in [0, 0.05) is 12.6 Å². The van der Waals surface area contributed by atoms with Crippen LogP contribution < -0.4 is 10.1 Å². The summed E-state index contributed by atoms with van der Waals surface area (Å²) in [5.41, 5.74) is 1.68. The summed E-state index contributed by atoms with van der Waals surface area (Å²) in [5, 5.41) is 16.5. The zero-order valence-electron chi connectivity index (χ0n) is 11.8. The lowest BCUT2D eigenvalue weighted by molar-refractivity contribution is 0.389. The van der Waals surface area contributed by atoms with Crippen molar-refractivity contribution >= 4 is 11.6 Å². The Labute approximate surface area is 123 Å². The molecular weight excluding hydrogens is 278 g/mol. The van der Waals surface area contributed by atoms with Gasteiger partial charge in [-0.3, -0.25) is 4.68 Å². The molecule has 0 aliphatic carbocycles. The van der Waals surface area contributed by atoms with Crippen molar-refractivity contribution in [3.8, 4) is 5.88 Å². The summed E-state index contributed by atoms with van der Waals surface area (Å²) >= 11 is 6.27. The van der Waals surface area contributed by atoms with Gasteiger partial charge in [0.05, 0.1) is 35.8 Å². The number of halogens is 1. The van der Waals surface area contributed by atoms with Gasteiger partial charge in [-0.05, 0) is 19.5 Å². The third-order valence-electron chi connectivity index (χ3n) is 2.98. The van der Waals surface area contributed by atoms with E-state index in [9.17, 15) is 0 Å². The third kappa shape index (κ3) is 2.91. The van der Waals surface area contributed by atoms with Crippen LogP contribution in [0, 0.1) is 0 Å². The number of ether oxygens (including phenoxy) is 1. The molecule has 0 spiro atoms. The van der Waals surface area contributed by atoms with E-state index >= 15 is 0 Å². The average Bonchev–Trinajstić information content (AvgIpc) is 2.86. The monoisotopic (exact) mass is 295 g/mol. The van der Waals surface area contributed by atoms with Gasteiger partial charge >= 0.3 is 0 Å². The molecule has 1 N–H and O–H groups in total. The minimum atomic E-state index is -0.145. The first-order valence-corrected chi connectivity index (χ1v) is 6.91. The van der Waals surface area contributed by atoms with E-state index in [2.05, 4.69) is 20.6 Å². The van der Waals surface area contributed by atoms with Gasteiger partial charge in [0.1, 0.15) is 0 Å². The Bertz CT molecular complexity index is 554. The topological polar surface area (TPSA) is 64.9 Å². The highest BCUT2D eigenvalue weighted by Crippen LogP contribution is 2.27. The summed E-state index contributed by atoms with van der Waals surface area (Å²) in [5.74, 6) is 0.485. The molecule has 2 aromatic heterocycles. The van der Waals surface area contributed by atoms with Crippen molar-refractivity contribution in [3.05, 3.63) is 34.7 Å². The van der Waals surface area contributed by atoms with Crippen LogP contribution in [0.1, 0.15) is 31.3 Å². The molecule has 1 atom stereocenters. The Morgan fingerprint density at radius 3 is 2.70 bits per heavy atom. The predicted molar refractivity (Wildman–Crippen MR) is 77.0 cm³/mol. The van der Waals surface area contributed by atoms with E-state index in [0.717, 1.165) is 24.5 Å². The molecule has 2 heterocycles. The minimum absolute atomic E-state index is 0.145. The number of hydrogen-bond acceptors (Lipinski definition) is 5. The van der Waals surface area contributed by atoms with Crippen LogP contribution in [0.5, 0.6) is 5.88 Å². The smallest absolute Gasteiger partial charge is 0.233 e. The second-order valence-electron chi connectivity index (χ2n) is 4.18. The van der Waals surface area contributed by atoms with Crippen molar-refractivity contribution in [1.82, 2.24) is 25.3 Å². The quantitative estimate of drug-likeness (QED) is 0.883. The Morgan fingerprint density at radius 2 is 2.15 bits per heavy atom. The second kappa shape index (κ2) is 6.67. The molecule has 0 saturated carbocycles. The lowest BCUT2D eigenvalue weighted by Gasteiger charge is -2.18. The molecule has 0 saturated heterocycles. The van der Waals surface area contributed by atoms with Crippen LogP contribution in [0.4, 0.5) is 0 Å². The third-order valence-corrected chi connectivity index (χ3v) is 3.27. The maximum Gasteiger partial charge on any atom is 0.233 e. The second-order valence-corrected chi connectivity index (χ2v) is 4.59. The number of nitrogens with zero attached hydrogens (tertiary/aromatic N) is 4. The van der Waals surface area contributed by atoms with Crippen LogP contribution >= 0.6 is 11.6 Å². The summed E-state index contributed by atoms with van der Waals surface area (Å²) in [6, 6.07) is 3.52. The van der Waals surface area contributed by atoms with Crippen LogP contribution in [0.15, 0.2) is 18.3 Å². The normalized spacial score (nSPS) is 12.4. The van der Waals surface area contributed by atoms with Gasteiger partial charge in [-0.1, -0.05) is 18.5 Å². The van der Waals surface area contributed by atoms with Crippen molar-refractivity contribution in [1.29, 1.82) is 0 Å². The molecule has 0 aromatic carbocycles. The number of aryl methyl sites for hydroxylation is 1. The maximum atomic E-state index is 6.27. The molecule has 2 aromatic rings. The van der Waals surface area contributed by atoms with Gasteiger partial charge in [0.2, 0.25) is 5.88 Å². The largest absolute Gasteiger partial charge is 0.480 e. The summed E-state index contributed by atoms with van der Waals surface area (Å²) in [7, 11) is 1.56. The highest BCUT2D eigenvalue weighted by molar-refractivity contribution is 6.31. The molecule has 6 nitrogen and oxygen atoms in total. The van der Waals surface area contributed by atoms with Gasteiger partial charge in [-0.15, -0.1) is 10.2 Å². The molecule has 0 amide bonds. The summed E-state index contributed by atoms with van der Waals surface area (Å²) in [6.07, 6.45) is 1.65. The fourth-order valence-corrected chi connectivity index (χ4v) is 2.30. The van der Waals surface area contributed by atoms with Crippen LogP contribution in [0.25, 0.3) is 0 Å². The fourth-order valence-electron chi connectivity index (χ4n) is 2.05. The van der Waals surface area contributed by atoms with Crippen LogP contribution in [-0.2, 0) is 6.54 Å². The van der Waals surface area contributed by atoms with Crippen molar-refractivity contribution in [3.63, 3.8) is 0 Å². The SMILES string of the molecule is CCNC(c1ccc(OC)nn1)c1c(Cl)cnn1CC. The number of nitrogens with one attached hydrogen (secondary N) is 1. The van der Waals surface area contributed by atoms with Crippen LogP contribution in [0.3, 0.4) is 0 Å². The summed E-state index contributed by atoms with van der Waals surface area (Å²) in [4.78, 5) is 0. The van der Waals surface area contributed by atoms with E-state index in [1.54, 1.807) is 19.4 Å². The molecule has 0 bridgehead atoms. The summed E-state index contributed by atoms with van der Waals surface area (Å²) in [6.45, 7) is 5.58.